The lowest BCUT2D eigenvalue weighted by molar-refractivity contribution is 0.194. The van der Waals surface area contributed by atoms with Gasteiger partial charge >= 0.3 is 5.69 Å². The third-order valence-corrected chi connectivity index (χ3v) is 3.33. The summed E-state index contributed by atoms with van der Waals surface area (Å²) >= 11 is 0. The van der Waals surface area contributed by atoms with Crippen LogP contribution in [0.3, 0.4) is 0 Å². The van der Waals surface area contributed by atoms with Gasteiger partial charge < -0.3 is 15.4 Å². The van der Waals surface area contributed by atoms with Gasteiger partial charge in [0.05, 0.1) is 12.9 Å². The van der Waals surface area contributed by atoms with Gasteiger partial charge in [-0.15, -0.1) is 0 Å². The second kappa shape index (κ2) is 3.52. The minimum Gasteiger partial charge on any atom is -0.396 e. The average Bonchev–Trinajstić information content (AvgIpc) is 2.79. The second-order valence-electron chi connectivity index (χ2n) is 4.62. The van der Waals surface area contributed by atoms with E-state index in [-0.39, 0.29) is 30.5 Å². The summed E-state index contributed by atoms with van der Waals surface area (Å²) in [6.07, 6.45) is 1.71. The predicted molar refractivity (Wildman–Crippen MR) is 61.6 cm³/mol. The lowest BCUT2D eigenvalue weighted by Crippen LogP contribution is -2.19. The van der Waals surface area contributed by atoms with E-state index in [2.05, 4.69) is 15.0 Å². The molecule has 96 valence electrons. The molecule has 0 aliphatic heterocycles. The number of nitrogens with zero attached hydrogens (tertiary/aromatic N) is 3. The number of anilines is 1. The molecule has 0 amide bonds. The van der Waals surface area contributed by atoms with Crippen LogP contribution >= 0.6 is 0 Å². The van der Waals surface area contributed by atoms with Crippen LogP contribution in [0.1, 0.15) is 6.42 Å². The fourth-order valence-electron chi connectivity index (χ4n) is 2.15. The van der Waals surface area contributed by atoms with Crippen molar-refractivity contribution in [3.05, 3.63) is 16.8 Å². The monoisotopic (exact) mass is 253 g/mol. The molecule has 2 heterocycles. The number of aliphatic hydroxyl groups is 1. The molecule has 0 bridgehead atoms. The maximum Gasteiger partial charge on any atom is 0.348 e. The molecule has 0 aromatic carbocycles. The molecule has 2 atom stereocenters. The van der Waals surface area contributed by atoms with Crippen molar-refractivity contribution in [1.82, 2.24) is 19.5 Å². The Morgan fingerprint density at radius 1 is 1.72 bits per heavy atom. The molecule has 1 aliphatic rings. The Morgan fingerprint density at radius 2 is 2.50 bits per heavy atom. The van der Waals surface area contributed by atoms with Gasteiger partial charge in [0.15, 0.2) is 5.65 Å². The Morgan fingerprint density at radius 3 is 3.17 bits per heavy atom. The van der Waals surface area contributed by atoms with Crippen molar-refractivity contribution in [2.75, 3.05) is 12.3 Å². The number of H-pyrrole nitrogens is 1. The summed E-state index contributed by atoms with van der Waals surface area (Å²) < 4.78 is 15.6. The number of halogens is 1. The van der Waals surface area contributed by atoms with E-state index in [9.17, 15) is 9.18 Å². The molecule has 7 nitrogen and oxygen atoms in total. The van der Waals surface area contributed by atoms with Crippen molar-refractivity contribution in [3.8, 4) is 0 Å². The Hall–Kier alpha value is -1.96. The first kappa shape index (κ1) is 11.1. The molecular formula is C10H12FN5O2. The highest BCUT2D eigenvalue weighted by Crippen LogP contribution is 2.48. The molecule has 4 N–H and O–H groups in total. The minimum absolute atomic E-state index is 0.0185. The fraction of sp³-hybridized carbons (Fsp3) is 0.500. The number of imidazole rings is 1. The van der Waals surface area contributed by atoms with Gasteiger partial charge in [-0.3, -0.25) is 4.98 Å². The van der Waals surface area contributed by atoms with Crippen molar-refractivity contribution >= 4 is 17.0 Å². The Balaban J connectivity index is 2.01. The molecule has 1 unspecified atom stereocenters. The van der Waals surface area contributed by atoms with Gasteiger partial charge in [-0.25, -0.2) is 14.2 Å². The van der Waals surface area contributed by atoms with E-state index >= 15 is 0 Å². The van der Waals surface area contributed by atoms with Crippen LogP contribution in [0.2, 0.25) is 0 Å². The van der Waals surface area contributed by atoms with Gasteiger partial charge in [-0.2, -0.15) is 4.98 Å². The van der Waals surface area contributed by atoms with Crippen LogP contribution in [0.25, 0.3) is 11.2 Å². The number of aromatic amines is 1. The smallest absolute Gasteiger partial charge is 0.348 e. The maximum absolute atomic E-state index is 14.1. The first-order valence-electron chi connectivity index (χ1n) is 5.54. The van der Waals surface area contributed by atoms with Gasteiger partial charge in [0.25, 0.3) is 0 Å². The summed E-state index contributed by atoms with van der Waals surface area (Å²) in [5.41, 5.74) is 4.17. The zero-order chi connectivity index (χ0) is 12.9. The van der Waals surface area contributed by atoms with Crippen LogP contribution in [0, 0.1) is 5.92 Å². The minimum atomic E-state index is -1.44. The van der Waals surface area contributed by atoms with Crippen molar-refractivity contribution in [3.63, 3.8) is 0 Å². The third kappa shape index (κ3) is 1.57. The first-order valence-corrected chi connectivity index (χ1v) is 5.54. The number of rotatable bonds is 3. The number of alkyl halides is 1. The summed E-state index contributed by atoms with van der Waals surface area (Å²) in [7, 11) is 0. The van der Waals surface area contributed by atoms with Crippen LogP contribution in [-0.2, 0) is 6.54 Å². The number of nitrogen functional groups attached to an aromatic ring is 1. The van der Waals surface area contributed by atoms with E-state index in [1.165, 1.54) is 10.9 Å². The zero-order valence-electron chi connectivity index (χ0n) is 9.43. The first-order chi connectivity index (χ1) is 8.53. The number of hydrogen-bond acceptors (Lipinski definition) is 5. The lowest BCUT2D eigenvalue weighted by atomic mass is 10.3. The number of aliphatic hydroxyl groups excluding tert-OH is 1. The number of nitrogens with one attached hydrogen (secondary N) is 1. The summed E-state index contributed by atoms with van der Waals surface area (Å²) in [6, 6.07) is 0. The van der Waals surface area contributed by atoms with Gasteiger partial charge in [0, 0.05) is 12.5 Å². The Labute approximate surface area is 100 Å². The number of fused-ring (bicyclic) bond motifs is 1. The molecule has 2 aromatic heterocycles. The molecule has 3 rings (SSSR count). The fourth-order valence-corrected chi connectivity index (χ4v) is 2.15. The largest absolute Gasteiger partial charge is 0.396 e. The van der Waals surface area contributed by atoms with Crippen LogP contribution in [-0.4, -0.2) is 36.9 Å². The maximum atomic E-state index is 14.1. The SMILES string of the molecule is Nc1[nH]c(=O)nc2c1ncn2C[C@@]1(F)CC1CO. The van der Waals surface area contributed by atoms with E-state index in [1.807, 2.05) is 0 Å². The highest BCUT2D eigenvalue weighted by atomic mass is 19.1. The summed E-state index contributed by atoms with van der Waals surface area (Å²) in [5, 5.41) is 8.92. The van der Waals surface area contributed by atoms with Crippen molar-refractivity contribution < 1.29 is 9.50 Å². The van der Waals surface area contributed by atoms with Gasteiger partial charge in [-0.05, 0) is 6.42 Å². The van der Waals surface area contributed by atoms with Crippen LogP contribution in [0.4, 0.5) is 10.2 Å². The molecular weight excluding hydrogens is 241 g/mol. The standard InChI is InChI=1S/C10H12FN5O2/c11-10(1-5(10)2-17)3-16-4-13-6-7(12)14-9(18)15-8(6)16/h4-5,17H,1-3H2,(H3,12,14,15,18)/t5?,10-/m0/s1. The molecule has 2 aromatic rings. The van der Waals surface area contributed by atoms with E-state index in [1.54, 1.807) is 0 Å². The summed E-state index contributed by atoms with van der Waals surface area (Å²) in [5.74, 6) is -0.236. The molecule has 18 heavy (non-hydrogen) atoms. The molecule has 1 aliphatic carbocycles. The van der Waals surface area contributed by atoms with E-state index in [0.717, 1.165) is 0 Å². The number of nitrogens with two attached hydrogens (primary N) is 1. The van der Waals surface area contributed by atoms with Crippen molar-refractivity contribution in [1.29, 1.82) is 0 Å². The second-order valence-corrected chi connectivity index (χ2v) is 4.62. The van der Waals surface area contributed by atoms with Crippen molar-refractivity contribution in [2.24, 2.45) is 5.92 Å². The molecule has 1 fully saturated rings. The third-order valence-electron chi connectivity index (χ3n) is 3.33. The summed E-state index contributed by atoms with van der Waals surface area (Å²) in [4.78, 5) is 21.3. The molecule has 0 saturated heterocycles. The van der Waals surface area contributed by atoms with Crippen LogP contribution in [0.5, 0.6) is 0 Å². The predicted octanol–water partition coefficient (Wildman–Crippen LogP) is -0.578. The molecule has 0 spiro atoms. The summed E-state index contributed by atoms with van der Waals surface area (Å²) in [6.45, 7) is -0.163. The van der Waals surface area contributed by atoms with Crippen LogP contribution < -0.4 is 11.4 Å². The normalized spacial score (nSPS) is 26.7. The lowest BCUT2D eigenvalue weighted by Gasteiger charge is -2.08. The molecule has 8 heteroatoms. The van der Waals surface area contributed by atoms with Gasteiger partial charge in [-0.1, -0.05) is 0 Å². The quantitative estimate of drug-likeness (QED) is 0.678. The highest BCUT2D eigenvalue weighted by molar-refractivity contribution is 5.81. The van der Waals surface area contributed by atoms with E-state index in [4.69, 9.17) is 10.8 Å². The Bertz CT molecular complexity index is 666. The molecule has 1 saturated carbocycles. The number of hydrogen-bond donors (Lipinski definition) is 3. The van der Waals surface area contributed by atoms with Crippen LogP contribution in [0.15, 0.2) is 11.1 Å². The highest BCUT2D eigenvalue weighted by Gasteiger charge is 2.55. The number of aromatic nitrogens is 4. The molecule has 0 radical (unpaired) electrons. The van der Waals surface area contributed by atoms with E-state index in [0.29, 0.717) is 11.9 Å². The van der Waals surface area contributed by atoms with Crippen molar-refractivity contribution in [2.45, 2.75) is 18.6 Å². The van der Waals surface area contributed by atoms with Gasteiger partial charge in [0.1, 0.15) is 17.0 Å². The van der Waals surface area contributed by atoms with Gasteiger partial charge in [0.2, 0.25) is 0 Å². The zero-order valence-corrected chi connectivity index (χ0v) is 9.43. The average molecular weight is 253 g/mol. The topological polar surface area (TPSA) is 110 Å². The Kier molecular flexibility index (Phi) is 2.18. The van der Waals surface area contributed by atoms with E-state index < -0.39 is 11.4 Å².